The second kappa shape index (κ2) is 6.16. The molecule has 1 heterocycles. The van der Waals surface area contributed by atoms with Crippen LogP contribution in [0.3, 0.4) is 0 Å². The fourth-order valence-corrected chi connectivity index (χ4v) is 2.64. The van der Waals surface area contributed by atoms with Crippen LogP contribution in [0.25, 0.3) is 0 Å². The van der Waals surface area contributed by atoms with Gasteiger partial charge in [0.1, 0.15) is 12.4 Å². The van der Waals surface area contributed by atoms with Crippen molar-refractivity contribution in [3.63, 3.8) is 0 Å². The molecule has 0 saturated heterocycles. The fraction of sp³-hybridized carbons (Fsp3) is 0.231. The molecular formula is C13H12BrNO3S. The maximum Gasteiger partial charge on any atom is 0.336 e. The largest absolute Gasteiger partial charge is 0.487 e. The van der Waals surface area contributed by atoms with E-state index in [1.807, 2.05) is 5.38 Å². The van der Waals surface area contributed by atoms with Gasteiger partial charge < -0.3 is 9.84 Å². The lowest BCUT2D eigenvalue weighted by Gasteiger charge is -2.06. The summed E-state index contributed by atoms with van der Waals surface area (Å²) in [5, 5.41) is 12.0. The van der Waals surface area contributed by atoms with E-state index >= 15 is 0 Å². The SMILES string of the molecule is CCc1nc(COc2ccc(Br)c(C(=O)O)c2)cs1. The fourth-order valence-electron chi connectivity index (χ4n) is 1.49. The second-order valence-electron chi connectivity index (χ2n) is 3.82. The highest BCUT2D eigenvalue weighted by Gasteiger charge is 2.10. The minimum atomic E-state index is -0.987. The maximum absolute atomic E-state index is 11.0. The van der Waals surface area contributed by atoms with E-state index in [1.165, 1.54) is 6.07 Å². The number of thiazole rings is 1. The number of hydrogen-bond acceptors (Lipinski definition) is 4. The highest BCUT2D eigenvalue weighted by molar-refractivity contribution is 9.10. The van der Waals surface area contributed by atoms with Gasteiger partial charge in [-0.1, -0.05) is 6.92 Å². The van der Waals surface area contributed by atoms with Crippen LogP contribution in [0.15, 0.2) is 28.1 Å². The Labute approximate surface area is 123 Å². The van der Waals surface area contributed by atoms with Crippen molar-refractivity contribution >= 4 is 33.2 Å². The summed E-state index contributed by atoms with van der Waals surface area (Å²) in [6, 6.07) is 4.89. The molecule has 0 spiro atoms. The number of carboxylic acid groups (broad SMARTS) is 1. The molecule has 0 atom stereocenters. The first kappa shape index (κ1) is 14.0. The molecule has 0 saturated carbocycles. The van der Waals surface area contributed by atoms with Crippen LogP contribution in [0.4, 0.5) is 0 Å². The van der Waals surface area contributed by atoms with Gasteiger partial charge in [0.05, 0.1) is 16.3 Å². The lowest BCUT2D eigenvalue weighted by molar-refractivity contribution is 0.0695. The van der Waals surface area contributed by atoms with Crippen molar-refractivity contribution in [3.05, 3.63) is 44.3 Å². The van der Waals surface area contributed by atoms with Crippen molar-refractivity contribution < 1.29 is 14.6 Å². The second-order valence-corrected chi connectivity index (χ2v) is 5.62. The van der Waals surface area contributed by atoms with E-state index in [1.54, 1.807) is 23.5 Å². The smallest absolute Gasteiger partial charge is 0.336 e. The normalized spacial score (nSPS) is 10.4. The van der Waals surface area contributed by atoms with Gasteiger partial charge in [-0.25, -0.2) is 9.78 Å². The van der Waals surface area contributed by atoms with Crippen LogP contribution in [0, 0.1) is 0 Å². The molecule has 0 bridgehead atoms. The van der Waals surface area contributed by atoms with E-state index in [0.717, 1.165) is 17.1 Å². The Kier molecular flexibility index (Phi) is 4.55. The van der Waals surface area contributed by atoms with Crippen molar-refractivity contribution in [2.24, 2.45) is 0 Å². The summed E-state index contributed by atoms with van der Waals surface area (Å²) < 4.78 is 6.09. The topological polar surface area (TPSA) is 59.4 Å². The summed E-state index contributed by atoms with van der Waals surface area (Å²) in [5.41, 5.74) is 1.05. The molecule has 0 amide bonds. The van der Waals surface area contributed by atoms with E-state index in [0.29, 0.717) is 16.8 Å². The number of carbonyl (C=O) groups is 1. The third kappa shape index (κ3) is 3.54. The van der Waals surface area contributed by atoms with Crippen LogP contribution in [-0.2, 0) is 13.0 Å². The van der Waals surface area contributed by atoms with Gasteiger partial charge in [0, 0.05) is 9.85 Å². The number of benzene rings is 1. The minimum Gasteiger partial charge on any atom is -0.487 e. The van der Waals surface area contributed by atoms with Gasteiger partial charge in [0.2, 0.25) is 0 Å². The molecule has 2 aromatic rings. The zero-order chi connectivity index (χ0) is 13.8. The van der Waals surface area contributed by atoms with Crippen molar-refractivity contribution in [1.29, 1.82) is 0 Å². The van der Waals surface area contributed by atoms with Crippen LogP contribution < -0.4 is 4.74 Å². The third-order valence-corrected chi connectivity index (χ3v) is 4.19. The molecule has 0 fully saturated rings. The summed E-state index contributed by atoms with van der Waals surface area (Å²) in [7, 11) is 0. The molecule has 1 N–H and O–H groups in total. The highest BCUT2D eigenvalue weighted by atomic mass is 79.9. The standard InChI is InChI=1S/C13H12BrNO3S/c1-2-12-15-8(7-19-12)6-18-9-3-4-11(14)10(5-9)13(16)17/h3-5,7H,2,6H2,1H3,(H,16,17). The van der Waals surface area contributed by atoms with Crippen LogP contribution >= 0.6 is 27.3 Å². The van der Waals surface area contributed by atoms with Gasteiger partial charge in [-0.3, -0.25) is 0 Å². The molecule has 1 aromatic heterocycles. The molecule has 0 unspecified atom stereocenters. The Balaban J connectivity index is 2.07. The van der Waals surface area contributed by atoms with Gasteiger partial charge in [0.25, 0.3) is 0 Å². The predicted molar refractivity (Wildman–Crippen MR) is 76.9 cm³/mol. The van der Waals surface area contributed by atoms with E-state index in [9.17, 15) is 4.79 Å². The summed E-state index contributed by atoms with van der Waals surface area (Å²) in [6.45, 7) is 2.40. The van der Waals surface area contributed by atoms with Crippen molar-refractivity contribution in [2.45, 2.75) is 20.0 Å². The van der Waals surface area contributed by atoms with Crippen molar-refractivity contribution in [2.75, 3.05) is 0 Å². The molecule has 6 heteroatoms. The molecule has 100 valence electrons. The number of aromatic nitrogens is 1. The average molecular weight is 342 g/mol. The Morgan fingerprint density at radius 2 is 2.32 bits per heavy atom. The van der Waals surface area contributed by atoms with Crippen molar-refractivity contribution in [3.8, 4) is 5.75 Å². The number of aryl methyl sites for hydroxylation is 1. The van der Waals surface area contributed by atoms with E-state index < -0.39 is 5.97 Å². The average Bonchev–Trinajstić information content (AvgIpc) is 2.85. The van der Waals surface area contributed by atoms with Crippen LogP contribution in [0.2, 0.25) is 0 Å². The number of carboxylic acids is 1. The van der Waals surface area contributed by atoms with E-state index in [2.05, 4.69) is 27.8 Å². The van der Waals surface area contributed by atoms with Crippen LogP contribution in [0.1, 0.15) is 28.0 Å². The minimum absolute atomic E-state index is 0.185. The number of ether oxygens (including phenoxy) is 1. The molecule has 1 aromatic carbocycles. The highest BCUT2D eigenvalue weighted by Crippen LogP contribution is 2.23. The zero-order valence-corrected chi connectivity index (χ0v) is 12.6. The molecular weight excluding hydrogens is 330 g/mol. The van der Waals surface area contributed by atoms with Crippen LogP contribution in [0.5, 0.6) is 5.75 Å². The first-order valence-electron chi connectivity index (χ1n) is 5.69. The summed E-state index contributed by atoms with van der Waals surface area (Å²) in [4.78, 5) is 15.4. The monoisotopic (exact) mass is 341 g/mol. The summed E-state index contributed by atoms with van der Waals surface area (Å²) >= 11 is 4.80. The van der Waals surface area contributed by atoms with Crippen LogP contribution in [-0.4, -0.2) is 16.1 Å². The number of aromatic carboxylic acids is 1. The van der Waals surface area contributed by atoms with Gasteiger partial charge in [-0.05, 0) is 40.5 Å². The Morgan fingerprint density at radius 1 is 1.53 bits per heavy atom. The zero-order valence-electron chi connectivity index (χ0n) is 10.2. The molecule has 0 aliphatic rings. The van der Waals surface area contributed by atoms with Gasteiger partial charge in [-0.2, -0.15) is 0 Å². The number of halogens is 1. The lowest BCUT2D eigenvalue weighted by atomic mass is 10.2. The Bertz CT molecular complexity index is 597. The Hall–Kier alpha value is -1.40. The molecule has 0 aliphatic carbocycles. The summed E-state index contributed by atoms with van der Waals surface area (Å²) in [5.74, 6) is -0.467. The molecule has 19 heavy (non-hydrogen) atoms. The van der Waals surface area contributed by atoms with E-state index in [4.69, 9.17) is 9.84 Å². The lowest BCUT2D eigenvalue weighted by Crippen LogP contribution is -2.00. The number of hydrogen-bond donors (Lipinski definition) is 1. The number of rotatable bonds is 5. The summed E-state index contributed by atoms with van der Waals surface area (Å²) in [6.07, 6.45) is 0.909. The van der Waals surface area contributed by atoms with E-state index in [-0.39, 0.29) is 5.56 Å². The molecule has 4 nitrogen and oxygen atoms in total. The van der Waals surface area contributed by atoms with Gasteiger partial charge in [0.15, 0.2) is 0 Å². The first-order chi connectivity index (χ1) is 9.10. The van der Waals surface area contributed by atoms with Gasteiger partial charge in [-0.15, -0.1) is 11.3 Å². The van der Waals surface area contributed by atoms with Crippen molar-refractivity contribution in [1.82, 2.24) is 4.98 Å². The molecule has 0 radical (unpaired) electrons. The number of nitrogens with zero attached hydrogens (tertiary/aromatic N) is 1. The Morgan fingerprint density at radius 3 is 2.95 bits per heavy atom. The molecule has 2 rings (SSSR count). The van der Waals surface area contributed by atoms with Gasteiger partial charge >= 0.3 is 5.97 Å². The quantitative estimate of drug-likeness (QED) is 0.899. The predicted octanol–water partition coefficient (Wildman–Crippen LogP) is 3.75. The third-order valence-electron chi connectivity index (χ3n) is 2.46. The first-order valence-corrected chi connectivity index (χ1v) is 7.36. The molecule has 0 aliphatic heterocycles. The maximum atomic E-state index is 11.0.